The van der Waals surface area contributed by atoms with E-state index in [1.807, 2.05) is 0 Å². The molecule has 1 aliphatic carbocycles. The van der Waals surface area contributed by atoms with Gasteiger partial charge in [-0.2, -0.15) is 0 Å². The highest BCUT2D eigenvalue weighted by Crippen LogP contribution is 2.53. The van der Waals surface area contributed by atoms with E-state index in [2.05, 4.69) is 20.8 Å². The van der Waals surface area contributed by atoms with Crippen LogP contribution in [0.2, 0.25) is 6.32 Å². The quantitative estimate of drug-likeness (QED) is 0.364. The number of hydrogen-bond acceptors (Lipinski definition) is 4. The Labute approximate surface area is 130 Å². The Bertz CT molecular complexity index is 301. The molecule has 123 valence electrons. The SMILES string of the molecule is CCC1(CC(C)C)CC(CCC[B]O)C(N)(C=O)C1.CO. The van der Waals surface area contributed by atoms with E-state index in [4.69, 9.17) is 15.9 Å². The molecule has 0 aromatic carbocycles. The second-order valence-corrected chi connectivity index (χ2v) is 6.87. The van der Waals surface area contributed by atoms with Crippen molar-refractivity contribution in [2.24, 2.45) is 23.0 Å². The minimum Gasteiger partial charge on any atom is -0.454 e. The summed E-state index contributed by atoms with van der Waals surface area (Å²) in [5.41, 5.74) is 5.95. The smallest absolute Gasteiger partial charge is 0.287 e. The normalized spacial score (nSPS) is 31.7. The lowest BCUT2D eigenvalue weighted by atomic mass is 9.75. The maximum atomic E-state index is 11.5. The largest absolute Gasteiger partial charge is 0.454 e. The molecular weight excluding hydrogens is 265 g/mol. The summed E-state index contributed by atoms with van der Waals surface area (Å²) in [6.07, 6.45) is 7.65. The van der Waals surface area contributed by atoms with Crippen LogP contribution in [0.25, 0.3) is 0 Å². The Balaban J connectivity index is 0.00000191. The third-order valence-electron chi connectivity index (χ3n) is 4.82. The zero-order valence-electron chi connectivity index (χ0n) is 14.1. The van der Waals surface area contributed by atoms with Gasteiger partial charge in [0.1, 0.15) is 6.29 Å². The minimum atomic E-state index is -0.652. The van der Waals surface area contributed by atoms with E-state index in [0.29, 0.717) is 12.2 Å². The minimum absolute atomic E-state index is 0.234. The molecule has 0 amide bonds. The van der Waals surface area contributed by atoms with Gasteiger partial charge in [0, 0.05) is 7.11 Å². The first-order valence-corrected chi connectivity index (χ1v) is 8.07. The van der Waals surface area contributed by atoms with Gasteiger partial charge in [-0.15, -0.1) is 0 Å². The monoisotopic (exact) mass is 298 g/mol. The van der Waals surface area contributed by atoms with Gasteiger partial charge in [-0.05, 0) is 42.9 Å². The maximum Gasteiger partial charge on any atom is 0.287 e. The van der Waals surface area contributed by atoms with Gasteiger partial charge in [0.15, 0.2) is 0 Å². The molecule has 3 unspecified atom stereocenters. The number of aliphatic hydroxyl groups is 1. The van der Waals surface area contributed by atoms with Gasteiger partial charge in [-0.3, -0.25) is 0 Å². The Morgan fingerprint density at radius 2 is 2.05 bits per heavy atom. The van der Waals surface area contributed by atoms with E-state index < -0.39 is 5.54 Å². The number of aliphatic hydroxyl groups excluding tert-OH is 1. The Hall–Kier alpha value is -0.385. The fraction of sp³-hybridized carbons (Fsp3) is 0.938. The summed E-state index contributed by atoms with van der Waals surface area (Å²) in [5, 5.41) is 15.8. The van der Waals surface area contributed by atoms with Crippen LogP contribution >= 0.6 is 0 Å². The first kappa shape index (κ1) is 20.6. The molecule has 4 N–H and O–H groups in total. The third-order valence-corrected chi connectivity index (χ3v) is 4.82. The van der Waals surface area contributed by atoms with Crippen LogP contribution in [0.4, 0.5) is 0 Å². The van der Waals surface area contributed by atoms with E-state index in [-0.39, 0.29) is 11.3 Å². The molecule has 1 aliphatic rings. The molecule has 3 atom stereocenters. The lowest BCUT2D eigenvalue weighted by molar-refractivity contribution is -0.113. The van der Waals surface area contributed by atoms with Crippen LogP contribution < -0.4 is 5.73 Å². The average molecular weight is 298 g/mol. The second kappa shape index (κ2) is 9.60. The Morgan fingerprint density at radius 1 is 1.43 bits per heavy atom. The summed E-state index contributed by atoms with van der Waals surface area (Å²) in [6.45, 7) is 6.70. The molecule has 1 rings (SSSR count). The fourth-order valence-corrected chi connectivity index (χ4v) is 3.98. The molecule has 0 aromatic heterocycles. The highest BCUT2D eigenvalue weighted by atomic mass is 16.2. The van der Waals surface area contributed by atoms with Crippen LogP contribution in [0.15, 0.2) is 0 Å². The lowest BCUT2D eigenvalue weighted by Crippen LogP contribution is -2.45. The van der Waals surface area contributed by atoms with E-state index in [9.17, 15) is 4.79 Å². The molecule has 21 heavy (non-hydrogen) atoms. The van der Waals surface area contributed by atoms with Crippen molar-refractivity contribution in [1.29, 1.82) is 0 Å². The summed E-state index contributed by atoms with van der Waals surface area (Å²) in [6, 6.07) is 0. The molecule has 0 aliphatic heterocycles. The van der Waals surface area contributed by atoms with Gasteiger partial charge < -0.3 is 20.7 Å². The Kier molecular flexibility index (Phi) is 9.42. The summed E-state index contributed by atoms with van der Waals surface area (Å²) in [5.74, 6) is 0.907. The molecule has 5 heteroatoms. The van der Waals surface area contributed by atoms with Crippen LogP contribution in [0.5, 0.6) is 0 Å². The van der Waals surface area contributed by atoms with Gasteiger partial charge in [-0.25, -0.2) is 0 Å². The molecule has 0 bridgehead atoms. The van der Waals surface area contributed by atoms with Crippen molar-refractivity contribution in [2.45, 2.75) is 71.2 Å². The molecule has 0 spiro atoms. The third kappa shape index (κ3) is 5.72. The first-order valence-electron chi connectivity index (χ1n) is 8.07. The van der Waals surface area contributed by atoms with Crippen molar-refractivity contribution in [1.82, 2.24) is 0 Å². The standard InChI is InChI=1S/C15H29BNO2.CH4O/c1-4-14(8-12(2)3)9-13(6-5-7-16-19)15(17,10-14)11-18;1-2/h11-13,19H,4-10,17H2,1-3H3;2H,1H3. The maximum absolute atomic E-state index is 11.5. The van der Waals surface area contributed by atoms with Crippen LogP contribution in [0.3, 0.4) is 0 Å². The summed E-state index contributed by atoms with van der Waals surface area (Å²) in [7, 11) is 2.20. The topological polar surface area (TPSA) is 83.5 Å². The zero-order chi connectivity index (χ0) is 16.5. The van der Waals surface area contributed by atoms with E-state index in [1.54, 1.807) is 0 Å². The van der Waals surface area contributed by atoms with Crippen molar-refractivity contribution >= 4 is 13.8 Å². The van der Waals surface area contributed by atoms with Crippen molar-refractivity contribution in [3.05, 3.63) is 0 Å². The summed E-state index contributed by atoms with van der Waals surface area (Å²) < 4.78 is 0. The van der Waals surface area contributed by atoms with Crippen molar-refractivity contribution in [3.8, 4) is 0 Å². The van der Waals surface area contributed by atoms with Crippen LogP contribution in [-0.2, 0) is 4.79 Å². The van der Waals surface area contributed by atoms with Gasteiger partial charge in [-0.1, -0.05) is 39.9 Å². The predicted octanol–water partition coefficient (Wildman–Crippen LogP) is 2.15. The highest BCUT2D eigenvalue weighted by Gasteiger charge is 2.51. The van der Waals surface area contributed by atoms with Crippen molar-refractivity contribution in [3.63, 3.8) is 0 Å². The van der Waals surface area contributed by atoms with Crippen molar-refractivity contribution < 1.29 is 14.9 Å². The number of aldehydes is 1. The molecular formula is C16H33BNO3. The summed E-state index contributed by atoms with van der Waals surface area (Å²) in [4.78, 5) is 11.5. The van der Waals surface area contributed by atoms with E-state index in [1.165, 1.54) is 7.48 Å². The fourth-order valence-electron chi connectivity index (χ4n) is 3.98. The van der Waals surface area contributed by atoms with Gasteiger partial charge >= 0.3 is 0 Å². The molecule has 4 nitrogen and oxygen atoms in total. The van der Waals surface area contributed by atoms with E-state index >= 15 is 0 Å². The van der Waals surface area contributed by atoms with Crippen molar-refractivity contribution in [2.75, 3.05) is 7.11 Å². The van der Waals surface area contributed by atoms with Crippen LogP contribution in [-0.4, -0.2) is 36.5 Å². The van der Waals surface area contributed by atoms with E-state index in [0.717, 1.165) is 51.9 Å². The number of carbonyl (C=O) groups excluding carboxylic acids is 1. The number of hydrogen-bond donors (Lipinski definition) is 3. The zero-order valence-corrected chi connectivity index (χ0v) is 14.1. The molecule has 0 saturated heterocycles. The highest BCUT2D eigenvalue weighted by molar-refractivity contribution is 6.25. The predicted molar refractivity (Wildman–Crippen MR) is 88.0 cm³/mol. The van der Waals surface area contributed by atoms with Crippen LogP contribution in [0.1, 0.15) is 59.3 Å². The lowest BCUT2D eigenvalue weighted by Gasteiger charge is -2.31. The molecule has 1 saturated carbocycles. The molecule has 0 aromatic rings. The first-order chi connectivity index (χ1) is 9.91. The summed E-state index contributed by atoms with van der Waals surface area (Å²) >= 11 is 0. The number of rotatable bonds is 8. The molecule has 1 radical (unpaired) electrons. The van der Waals surface area contributed by atoms with Gasteiger partial charge in [0.2, 0.25) is 0 Å². The average Bonchev–Trinajstić information content (AvgIpc) is 2.74. The Morgan fingerprint density at radius 3 is 2.48 bits per heavy atom. The van der Waals surface area contributed by atoms with Gasteiger partial charge in [0.25, 0.3) is 7.48 Å². The van der Waals surface area contributed by atoms with Gasteiger partial charge in [0.05, 0.1) is 5.54 Å². The number of nitrogens with two attached hydrogens (primary N) is 1. The molecule has 0 heterocycles. The number of carbonyl (C=O) groups is 1. The molecule has 1 fully saturated rings. The second-order valence-electron chi connectivity index (χ2n) is 6.87. The van der Waals surface area contributed by atoms with Crippen LogP contribution in [0, 0.1) is 17.3 Å².